The molecule has 92 valence electrons. The molecule has 0 unspecified atom stereocenters. The van der Waals surface area contributed by atoms with Crippen molar-refractivity contribution in [3.05, 3.63) is 0 Å². The molecule has 0 aliphatic heterocycles. The van der Waals surface area contributed by atoms with Crippen LogP contribution in [0.5, 0.6) is 0 Å². The van der Waals surface area contributed by atoms with Gasteiger partial charge in [-0.15, -0.1) is 0 Å². The van der Waals surface area contributed by atoms with Crippen LogP contribution in [0, 0.1) is 154 Å². The molecule has 0 atom stereocenters. The number of rotatable bonds is 0. The van der Waals surface area contributed by atoms with E-state index in [0.29, 0.717) is 0 Å². The van der Waals surface area contributed by atoms with E-state index >= 15 is 0 Å². The summed E-state index contributed by atoms with van der Waals surface area (Å²) in [5.41, 5.74) is 0. The fraction of sp³-hybridized carbons (Fsp3) is 0. The Morgan fingerprint density at radius 3 is 0.182 bits per heavy atom. The molecule has 0 aromatic carbocycles. The summed E-state index contributed by atoms with van der Waals surface area (Å²) in [6.07, 6.45) is 0. The predicted octanol–water partition coefficient (Wildman–Crippen LogP) is -5.77. The van der Waals surface area contributed by atoms with Gasteiger partial charge in [-0.2, -0.15) is 0 Å². The molecule has 7 nitrogen and oxygen atoms in total. The summed E-state index contributed by atoms with van der Waals surface area (Å²) in [4.78, 5) is 0. The molecule has 4 radical (unpaired) electrons. The number of hydrogen-bond donors (Lipinski definition) is 0. The fourth-order valence-corrected chi connectivity index (χ4v) is 0. The molecule has 0 aliphatic rings. The van der Waals surface area contributed by atoms with E-state index in [4.69, 9.17) is 0 Å². The molecule has 0 rings (SSSR count). The minimum atomic E-state index is 0. The van der Waals surface area contributed by atoms with Crippen LogP contribution in [0.15, 0.2) is 0 Å². The Balaban J connectivity index is 0. The minimum Gasteiger partial charge on any atom is -0.412 e. The normalized spacial score (nSPS) is 0. The molecule has 0 bridgehead atoms. The first-order valence-corrected chi connectivity index (χ1v) is 0. The molecular formula is H14O7Tb4. The van der Waals surface area contributed by atoms with E-state index in [9.17, 15) is 0 Å². The maximum absolute atomic E-state index is 0. The molecule has 0 aromatic heterocycles. The van der Waals surface area contributed by atoms with Crippen LogP contribution < -0.4 is 0 Å². The van der Waals surface area contributed by atoms with E-state index in [1.807, 2.05) is 0 Å². The average molecular weight is 762 g/mol. The van der Waals surface area contributed by atoms with Crippen molar-refractivity contribution in [1.29, 1.82) is 0 Å². The Labute approximate surface area is 187 Å². The van der Waals surface area contributed by atoms with Gasteiger partial charge in [0.15, 0.2) is 0 Å². The zero-order valence-electron chi connectivity index (χ0n) is 4.83. The van der Waals surface area contributed by atoms with Gasteiger partial charge >= 0.3 is 0 Å². The molecule has 0 aliphatic carbocycles. The molecular weight excluding hydrogens is 748 g/mol. The molecule has 11 heteroatoms. The predicted molar refractivity (Wildman–Crippen MR) is 25.3 cm³/mol. The summed E-state index contributed by atoms with van der Waals surface area (Å²) >= 11 is 0. The Kier molecular flexibility index (Phi) is 1630. The third kappa shape index (κ3) is 104. The van der Waals surface area contributed by atoms with Crippen LogP contribution in [-0.2, 0) is 0 Å². The second-order valence-corrected chi connectivity index (χ2v) is 0. The van der Waals surface area contributed by atoms with E-state index < -0.39 is 0 Å². The summed E-state index contributed by atoms with van der Waals surface area (Å²) in [5, 5.41) is 0. The smallest absolute Gasteiger partial charge is 0 e. The van der Waals surface area contributed by atoms with Gasteiger partial charge in [-0.25, -0.2) is 0 Å². The van der Waals surface area contributed by atoms with Crippen molar-refractivity contribution in [1.82, 2.24) is 0 Å². The molecule has 14 N–H and O–H groups in total. The van der Waals surface area contributed by atoms with Crippen molar-refractivity contribution in [2.75, 3.05) is 0 Å². The summed E-state index contributed by atoms with van der Waals surface area (Å²) < 4.78 is 0. The third-order valence-electron chi connectivity index (χ3n) is 0. The fourth-order valence-electron chi connectivity index (χ4n) is 0. The standard InChI is InChI=1S/7H2O.4Tb/h7*1H2;;;;. The van der Waals surface area contributed by atoms with Crippen molar-refractivity contribution in [3.8, 4) is 0 Å². The van der Waals surface area contributed by atoms with Gasteiger partial charge in [0.05, 0.1) is 0 Å². The van der Waals surface area contributed by atoms with E-state index in [1.54, 1.807) is 0 Å². The summed E-state index contributed by atoms with van der Waals surface area (Å²) in [5.74, 6) is 0. The van der Waals surface area contributed by atoms with Crippen molar-refractivity contribution in [2.24, 2.45) is 0 Å². The molecule has 0 amide bonds. The van der Waals surface area contributed by atoms with Crippen LogP contribution in [0.25, 0.3) is 0 Å². The maximum atomic E-state index is 0. The zero-order valence-corrected chi connectivity index (χ0v) is 13.4. The zero-order chi connectivity index (χ0) is 0. The first-order chi connectivity index (χ1) is 0. The topological polar surface area (TPSA) is 220 Å². The van der Waals surface area contributed by atoms with Gasteiger partial charge in [0.25, 0.3) is 0 Å². The van der Waals surface area contributed by atoms with Crippen molar-refractivity contribution in [2.45, 2.75) is 0 Å². The van der Waals surface area contributed by atoms with E-state index in [2.05, 4.69) is 0 Å². The Bertz CT molecular complexity index is 10.4. The van der Waals surface area contributed by atoms with Gasteiger partial charge in [0.2, 0.25) is 0 Å². The van der Waals surface area contributed by atoms with Gasteiger partial charge in [0.1, 0.15) is 0 Å². The second kappa shape index (κ2) is 121. The van der Waals surface area contributed by atoms with E-state index in [1.165, 1.54) is 0 Å². The molecule has 0 saturated carbocycles. The second-order valence-electron chi connectivity index (χ2n) is 0. The van der Waals surface area contributed by atoms with E-state index in [-0.39, 0.29) is 193 Å². The summed E-state index contributed by atoms with van der Waals surface area (Å²) in [6, 6.07) is 0. The summed E-state index contributed by atoms with van der Waals surface area (Å²) in [6.45, 7) is 0. The molecule has 0 heterocycles. The van der Waals surface area contributed by atoms with Crippen molar-refractivity contribution < 1.29 is 193 Å². The van der Waals surface area contributed by atoms with E-state index in [0.717, 1.165) is 0 Å². The minimum absolute atomic E-state index is 0. The van der Waals surface area contributed by atoms with Crippen LogP contribution in [0.2, 0.25) is 0 Å². The average Bonchev–Trinajstić information content (AvgIpc) is 0. The molecule has 0 aromatic rings. The van der Waals surface area contributed by atoms with Gasteiger partial charge in [-0.05, 0) is 0 Å². The van der Waals surface area contributed by atoms with Crippen LogP contribution in [0.4, 0.5) is 0 Å². The molecule has 11 heavy (non-hydrogen) atoms. The van der Waals surface area contributed by atoms with Crippen LogP contribution >= 0.6 is 0 Å². The SMILES string of the molecule is O.O.O.O.O.O.O.[Tb].[Tb].[Tb].[Tb]. The van der Waals surface area contributed by atoms with Gasteiger partial charge in [0, 0.05) is 154 Å². The first-order valence-electron chi connectivity index (χ1n) is 0. The van der Waals surface area contributed by atoms with Gasteiger partial charge in [-0.3, -0.25) is 0 Å². The first kappa shape index (κ1) is 148. The Morgan fingerprint density at radius 2 is 0.182 bits per heavy atom. The largest absolute Gasteiger partial charge is 0.412 e. The Morgan fingerprint density at radius 1 is 0.182 bits per heavy atom. The molecule has 0 fully saturated rings. The van der Waals surface area contributed by atoms with Crippen molar-refractivity contribution in [3.63, 3.8) is 0 Å². The van der Waals surface area contributed by atoms with Crippen LogP contribution in [0.1, 0.15) is 0 Å². The van der Waals surface area contributed by atoms with Gasteiger partial charge in [-0.1, -0.05) is 0 Å². The third-order valence-corrected chi connectivity index (χ3v) is 0. The Hall–Kier alpha value is 4.86. The monoisotopic (exact) mass is 762 g/mol. The number of hydrogen-bond acceptors (Lipinski definition) is 0. The van der Waals surface area contributed by atoms with Crippen molar-refractivity contribution >= 4 is 0 Å². The maximum Gasteiger partial charge on any atom is 0 e. The molecule has 0 saturated heterocycles. The summed E-state index contributed by atoms with van der Waals surface area (Å²) in [7, 11) is 0. The quantitative estimate of drug-likeness (QED) is 0.225. The van der Waals surface area contributed by atoms with Gasteiger partial charge < -0.3 is 38.3 Å². The van der Waals surface area contributed by atoms with Crippen LogP contribution in [0.3, 0.4) is 0 Å². The van der Waals surface area contributed by atoms with Crippen LogP contribution in [-0.4, -0.2) is 38.3 Å². The molecule has 0 spiro atoms.